The Kier molecular flexibility index (Phi) is 7.48. The van der Waals surface area contributed by atoms with Crippen LogP contribution in [0.25, 0.3) is 116 Å². The van der Waals surface area contributed by atoms with Gasteiger partial charge in [0.15, 0.2) is 0 Å². The quantitative estimate of drug-likeness (QED) is 0.173. The summed E-state index contributed by atoms with van der Waals surface area (Å²) in [4.78, 5) is 0. The van der Waals surface area contributed by atoms with Gasteiger partial charge in [-0.15, -0.1) is 0 Å². The molecule has 4 heterocycles. The minimum absolute atomic E-state index is 0.181. The average molecular weight is 819 g/mol. The number of fused-ring (bicyclic) bond motifs is 12. The fourth-order valence-electron chi connectivity index (χ4n) is 10.8. The summed E-state index contributed by atoms with van der Waals surface area (Å²) in [5, 5.41) is 8.41. The van der Waals surface area contributed by atoms with E-state index in [2.05, 4.69) is 209 Å². The zero-order valence-electron chi connectivity index (χ0n) is 34.7. The van der Waals surface area contributed by atoms with Crippen molar-refractivity contribution in [2.45, 2.75) is 12.3 Å². The van der Waals surface area contributed by atoms with E-state index < -0.39 is 0 Å². The Labute approximate surface area is 368 Å². The minimum atomic E-state index is 0.181. The van der Waals surface area contributed by atoms with Gasteiger partial charge in [-0.25, -0.2) is 0 Å². The van der Waals surface area contributed by atoms with Gasteiger partial charge in [-0.1, -0.05) is 121 Å². The highest BCUT2D eigenvalue weighted by molar-refractivity contribution is 6.12. The molecule has 1 aliphatic rings. The molecule has 4 aromatic heterocycles. The van der Waals surface area contributed by atoms with Crippen LogP contribution in [0.1, 0.15) is 22.8 Å². The highest BCUT2D eigenvalue weighted by Crippen LogP contribution is 2.43. The summed E-state index contributed by atoms with van der Waals surface area (Å²) in [7, 11) is 0. The highest BCUT2D eigenvalue weighted by Gasteiger charge is 2.25. The molecular formula is C60H38N2O2. The van der Waals surface area contributed by atoms with E-state index in [-0.39, 0.29) is 5.92 Å². The van der Waals surface area contributed by atoms with E-state index >= 15 is 0 Å². The standard InChI is InChI=1S/C60H38N2O2/c1-2-12-41(13-3-1)61-53-19-9-6-17-46(53)49-34-39(23-28-55(49)61)43-14-4-5-15-44(43)40-25-30-59-51(35-40)52-36-42(26-31-60(52)64-59)62-54-20-10-7-16-45(54)48-32-37(22-27-56(48)62)38-24-29-58-50(33-38)47-18-8-11-21-57(47)63-58/h1-34,36,40H,35H2. The van der Waals surface area contributed by atoms with Crippen LogP contribution in [-0.2, 0) is 6.42 Å². The van der Waals surface area contributed by atoms with Gasteiger partial charge in [-0.05, 0) is 125 Å². The van der Waals surface area contributed by atoms with Crippen LogP contribution >= 0.6 is 0 Å². The highest BCUT2D eigenvalue weighted by atomic mass is 16.3. The second-order valence-corrected chi connectivity index (χ2v) is 17.2. The molecule has 1 unspecified atom stereocenters. The van der Waals surface area contributed by atoms with E-state index in [1.165, 1.54) is 82.7 Å². The molecule has 1 aliphatic carbocycles. The molecule has 1 atom stereocenters. The number of furan rings is 2. The molecule has 64 heavy (non-hydrogen) atoms. The Balaban J connectivity index is 0.848. The first kappa shape index (κ1) is 35.3. The smallest absolute Gasteiger partial charge is 0.135 e. The Morgan fingerprint density at radius 2 is 0.938 bits per heavy atom. The van der Waals surface area contributed by atoms with Crippen LogP contribution < -0.4 is 0 Å². The van der Waals surface area contributed by atoms with E-state index in [1.54, 1.807) is 0 Å². The third-order valence-corrected chi connectivity index (χ3v) is 13.7. The molecule has 0 saturated heterocycles. The Morgan fingerprint density at radius 3 is 1.73 bits per heavy atom. The zero-order chi connectivity index (χ0) is 41.9. The van der Waals surface area contributed by atoms with Gasteiger partial charge >= 0.3 is 0 Å². The molecule has 0 fully saturated rings. The van der Waals surface area contributed by atoms with Gasteiger partial charge in [0, 0.05) is 60.6 Å². The van der Waals surface area contributed by atoms with Crippen molar-refractivity contribution in [1.29, 1.82) is 0 Å². The van der Waals surface area contributed by atoms with Gasteiger partial charge in [0.1, 0.15) is 22.5 Å². The first-order chi connectivity index (χ1) is 31.7. The van der Waals surface area contributed by atoms with Crippen molar-refractivity contribution in [3.05, 3.63) is 223 Å². The second kappa shape index (κ2) is 13.6. The van der Waals surface area contributed by atoms with Crippen LogP contribution in [0.5, 0.6) is 0 Å². The van der Waals surface area contributed by atoms with Crippen molar-refractivity contribution >= 4 is 82.6 Å². The number of hydrogen-bond acceptors (Lipinski definition) is 2. The Bertz CT molecular complexity index is 4060. The maximum atomic E-state index is 6.58. The predicted molar refractivity (Wildman–Crippen MR) is 265 cm³/mol. The molecule has 0 amide bonds. The molecule has 0 spiro atoms. The van der Waals surface area contributed by atoms with Gasteiger partial charge in [-0.2, -0.15) is 0 Å². The topological polar surface area (TPSA) is 36.1 Å². The van der Waals surface area contributed by atoms with Crippen LogP contribution in [0, 0.1) is 0 Å². The third-order valence-electron chi connectivity index (χ3n) is 13.7. The molecule has 0 radical (unpaired) electrons. The summed E-state index contributed by atoms with van der Waals surface area (Å²) in [6.07, 6.45) is 5.38. The molecule has 9 aromatic carbocycles. The lowest BCUT2D eigenvalue weighted by atomic mass is 9.83. The number of rotatable bonds is 5. The number of benzene rings is 9. The third kappa shape index (κ3) is 5.23. The second-order valence-electron chi connectivity index (χ2n) is 17.2. The van der Waals surface area contributed by atoms with Crippen LogP contribution in [-0.4, -0.2) is 9.13 Å². The van der Waals surface area contributed by atoms with Crippen molar-refractivity contribution in [2.75, 3.05) is 0 Å². The maximum absolute atomic E-state index is 6.58. The minimum Gasteiger partial charge on any atom is -0.456 e. The van der Waals surface area contributed by atoms with Crippen LogP contribution in [0.2, 0.25) is 0 Å². The summed E-state index contributed by atoms with van der Waals surface area (Å²) in [6, 6.07) is 72.5. The molecule has 300 valence electrons. The maximum Gasteiger partial charge on any atom is 0.135 e. The molecule has 0 N–H and O–H groups in total. The van der Waals surface area contributed by atoms with Gasteiger partial charge in [0.25, 0.3) is 0 Å². The van der Waals surface area contributed by atoms with Crippen molar-refractivity contribution in [2.24, 2.45) is 0 Å². The number of aromatic nitrogens is 2. The van der Waals surface area contributed by atoms with Crippen molar-refractivity contribution in [3.8, 4) is 33.6 Å². The van der Waals surface area contributed by atoms with Crippen molar-refractivity contribution in [1.82, 2.24) is 9.13 Å². The first-order valence-corrected chi connectivity index (χ1v) is 22.1. The summed E-state index contributed by atoms with van der Waals surface area (Å²) < 4.78 is 17.5. The summed E-state index contributed by atoms with van der Waals surface area (Å²) in [5.41, 5.74) is 17.2. The largest absolute Gasteiger partial charge is 0.456 e. The lowest BCUT2D eigenvalue weighted by Gasteiger charge is -2.21. The van der Waals surface area contributed by atoms with E-state index in [0.29, 0.717) is 0 Å². The number of allylic oxidation sites excluding steroid dienone is 1. The van der Waals surface area contributed by atoms with Crippen molar-refractivity contribution < 1.29 is 8.83 Å². The summed E-state index contributed by atoms with van der Waals surface area (Å²) in [5.74, 6) is 1.13. The molecule has 14 rings (SSSR count). The number of para-hydroxylation sites is 4. The van der Waals surface area contributed by atoms with Crippen molar-refractivity contribution in [3.63, 3.8) is 0 Å². The van der Waals surface area contributed by atoms with Gasteiger partial charge in [0.05, 0.1) is 22.1 Å². The average Bonchev–Trinajstić information content (AvgIpc) is 4.11. The molecule has 0 bridgehead atoms. The van der Waals surface area contributed by atoms with Gasteiger partial charge in [-0.3, -0.25) is 0 Å². The fourth-order valence-corrected chi connectivity index (χ4v) is 10.8. The normalized spacial score (nSPS) is 14.0. The van der Waals surface area contributed by atoms with E-state index in [9.17, 15) is 0 Å². The van der Waals surface area contributed by atoms with E-state index in [4.69, 9.17) is 8.83 Å². The monoisotopic (exact) mass is 818 g/mol. The zero-order valence-corrected chi connectivity index (χ0v) is 34.7. The van der Waals surface area contributed by atoms with Crippen LogP contribution in [0.4, 0.5) is 0 Å². The van der Waals surface area contributed by atoms with Gasteiger partial charge in [0.2, 0.25) is 0 Å². The molecule has 0 aliphatic heterocycles. The van der Waals surface area contributed by atoms with E-state index in [0.717, 1.165) is 50.8 Å². The molecule has 13 aromatic rings. The lowest BCUT2D eigenvalue weighted by Crippen LogP contribution is -2.06. The van der Waals surface area contributed by atoms with Gasteiger partial charge < -0.3 is 18.0 Å². The first-order valence-electron chi connectivity index (χ1n) is 22.1. The summed E-state index contributed by atoms with van der Waals surface area (Å²) in [6.45, 7) is 0. The Hall–Kier alpha value is -8.34. The van der Waals surface area contributed by atoms with Crippen LogP contribution in [0.15, 0.2) is 215 Å². The van der Waals surface area contributed by atoms with Crippen LogP contribution in [0.3, 0.4) is 0 Å². The summed E-state index contributed by atoms with van der Waals surface area (Å²) >= 11 is 0. The number of nitrogens with zero attached hydrogens (tertiary/aromatic N) is 2. The predicted octanol–water partition coefficient (Wildman–Crippen LogP) is 16.2. The Morgan fingerprint density at radius 1 is 0.375 bits per heavy atom. The number of hydrogen-bond donors (Lipinski definition) is 0. The van der Waals surface area contributed by atoms with E-state index in [1.807, 2.05) is 12.1 Å². The SMILES string of the molecule is C1=CC(c2ccccc2-c2ccc3c(c2)c2ccccc2n3-c2ccccc2)Cc2c1oc1ccc(-n3c4ccccc4c4cc(-c5ccc6oc7ccccc7c6c5)ccc43)cc21. The molecule has 4 nitrogen and oxygen atoms in total. The molecule has 0 saturated carbocycles. The fraction of sp³-hybridized carbons (Fsp3) is 0.0333. The lowest BCUT2D eigenvalue weighted by molar-refractivity contribution is 0.592. The molecule has 4 heteroatoms. The molecular weight excluding hydrogens is 781 g/mol.